The van der Waals surface area contributed by atoms with Crippen LogP contribution in [-0.2, 0) is 95.1 Å². The summed E-state index contributed by atoms with van der Waals surface area (Å²) < 4.78 is 75.3. The first-order chi connectivity index (χ1) is 58.9. The van der Waals surface area contributed by atoms with Gasteiger partial charge in [-0.1, -0.05) is 190 Å². The van der Waals surface area contributed by atoms with E-state index < -0.39 is 129 Å². The van der Waals surface area contributed by atoms with E-state index >= 15 is 0 Å². The quantitative estimate of drug-likeness (QED) is 0.0133. The first-order valence-corrected chi connectivity index (χ1v) is 44.3. The molecule has 6 saturated heterocycles. The molecular formula is C95H138I2O28. The number of hydrogen-bond acceptors (Lipinski definition) is 28. The molecule has 6 heterocycles. The molecule has 0 amide bonds. The molecule has 0 aromatic heterocycles. The SMILES string of the molecule is C=CC[C@H]1O[C@H](CC)[C@@H](C)[C@H](C)[C@@H]1OC(C)=O.CC[C@H]1O[C@H](C/C=C/c2ccc(/C=C/C[C@H]3O[C@H](COC(C)=O)[C@@H](OC(C)=O)[C@H](OC(C)=O)[C@@H]3OC(C)=O)cc2)[C@@H](OC(C)=O)[C@@H](C)[C@H]1C.CC[C@H]1O[C@H](C/C=C/c2ccc(I)cc2)[C@@H](OC(C)=O)[C@@H](C)[C@H]1C.I.OC[C@H]1O[C@H](C/C=C/c2ccc(/C=C/C[C@H]3O[C@H](CO)[C@@H](O)[C@H](O)[C@@H]3O)cc2)[C@@H](O)[C@@H](O)[C@H]1O.[HH]. The van der Waals surface area contributed by atoms with E-state index in [1.165, 1.54) is 57.6 Å². The van der Waals surface area contributed by atoms with Crippen LogP contribution in [-0.4, -0.2) is 249 Å². The van der Waals surface area contributed by atoms with Crippen LogP contribution in [0.3, 0.4) is 0 Å². The van der Waals surface area contributed by atoms with Gasteiger partial charge >= 0.3 is 41.8 Å². The van der Waals surface area contributed by atoms with Crippen molar-refractivity contribution in [1.29, 1.82) is 0 Å². The number of benzene rings is 3. The summed E-state index contributed by atoms with van der Waals surface area (Å²) in [6.07, 6.45) is 9.57. The summed E-state index contributed by atoms with van der Waals surface area (Å²) in [6, 6.07) is 23.7. The lowest BCUT2D eigenvalue weighted by Crippen LogP contribution is -2.62. The molecule has 6 aliphatic rings. The molecule has 8 N–H and O–H groups in total. The van der Waals surface area contributed by atoms with Gasteiger partial charge in [0, 0.05) is 71.2 Å². The number of esters is 7. The maximum Gasteiger partial charge on any atom is 0.303 e. The zero-order valence-electron chi connectivity index (χ0n) is 74.8. The van der Waals surface area contributed by atoms with Crippen molar-refractivity contribution in [3.63, 3.8) is 0 Å². The summed E-state index contributed by atoms with van der Waals surface area (Å²) in [5.74, 6) is -1.49. The normalized spacial score (nSPS) is 33.4. The first kappa shape index (κ1) is 109. The van der Waals surface area contributed by atoms with Gasteiger partial charge in [-0.05, 0) is 138 Å². The zero-order valence-corrected chi connectivity index (χ0v) is 79.3. The highest BCUT2D eigenvalue weighted by molar-refractivity contribution is 14.1. The van der Waals surface area contributed by atoms with Gasteiger partial charge in [0.15, 0.2) is 18.3 Å². The summed E-state index contributed by atoms with van der Waals surface area (Å²) in [5, 5.41) is 78.0. The third-order valence-corrected chi connectivity index (χ3v) is 24.4. The summed E-state index contributed by atoms with van der Waals surface area (Å²) in [5.41, 5.74) is 4.81. The molecule has 0 saturated carbocycles. The smallest absolute Gasteiger partial charge is 0.303 e. The van der Waals surface area contributed by atoms with Crippen molar-refractivity contribution in [3.05, 3.63) is 147 Å². The van der Waals surface area contributed by atoms with Gasteiger partial charge in [0.25, 0.3) is 0 Å². The largest absolute Gasteiger partial charge is 0.463 e. The van der Waals surface area contributed by atoms with Crippen LogP contribution >= 0.6 is 46.6 Å². The van der Waals surface area contributed by atoms with Gasteiger partial charge in [-0.15, -0.1) is 30.6 Å². The number of ether oxygens (including phenoxy) is 13. The predicted octanol–water partition coefficient (Wildman–Crippen LogP) is 12.1. The minimum Gasteiger partial charge on any atom is -0.463 e. The maximum atomic E-state index is 12.1. The van der Waals surface area contributed by atoms with Gasteiger partial charge in [0.2, 0.25) is 0 Å². The van der Waals surface area contributed by atoms with Gasteiger partial charge in [0.1, 0.15) is 86.0 Å². The zero-order chi connectivity index (χ0) is 91.8. The highest BCUT2D eigenvalue weighted by Gasteiger charge is 2.53. The molecule has 9 rings (SSSR count). The minimum absolute atomic E-state index is 0. The molecule has 6 fully saturated rings. The lowest BCUT2D eigenvalue weighted by Gasteiger charge is -2.44. The number of carbonyl (C=O) groups excluding carboxylic acids is 7. The van der Waals surface area contributed by atoms with Crippen LogP contribution in [0.1, 0.15) is 198 Å². The van der Waals surface area contributed by atoms with E-state index in [-0.39, 0.29) is 136 Å². The fourth-order valence-corrected chi connectivity index (χ4v) is 16.8. The summed E-state index contributed by atoms with van der Waals surface area (Å²) in [4.78, 5) is 82.1. The molecule has 3 aromatic carbocycles. The van der Waals surface area contributed by atoms with Gasteiger partial charge < -0.3 is 102 Å². The van der Waals surface area contributed by atoms with Crippen molar-refractivity contribution in [3.8, 4) is 0 Å². The van der Waals surface area contributed by atoms with E-state index in [4.69, 9.17) is 61.6 Å². The Morgan fingerprint density at radius 3 is 0.832 bits per heavy atom. The average Bonchev–Trinajstić information content (AvgIpc) is 0.777. The number of hydrogen-bond donors (Lipinski definition) is 8. The Balaban J connectivity index is 0.000000375. The number of aliphatic hydroxyl groups excluding tert-OH is 8. The second kappa shape index (κ2) is 54.7. The lowest BCUT2D eigenvalue weighted by atomic mass is 9.79. The Labute approximate surface area is 768 Å². The highest BCUT2D eigenvalue weighted by Crippen LogP contribution is 2.40. The Morgan fingerprint density at radius 2 is 0.560 bits per heavy atom. The summed E-state index contributed by atoms with van der Waals surface area (Å²) >= 11 is 2.30. The molecule has 30 heteroatoms. The van der Waals surface area contributed by atoms with Crippen LogP contribution in [0.15, 0.2) is 116 Å². The fourth-order valence-electron chi connectivity index (χ4n) is 16.4. The number of carbonyl (C=O) groups is 7. The van der Waals surface area contributed by atoms with Crippen LogP contribution in [0.5, 0.6) is 0 Å². The molecule has 30 atom stereocenters. The Hall–Kier alpha value is -6.71. The van der Waals surface area contributed by atoms with Crippen molar-refractivity contribution in [2.24, 2.45) is 35.5 Å². The molecular weight excluding hydrogens is 1840 g/mol. The van der Waals surface area contributed by atoms with Gasteiger partial charge in [-0.3, -0.25) is 33.6 Å². The van der Waals surface area contributed by atoms with Gasteiger partial charge in [-0.25, -0.2) is 0 Å². The number of aliphatic hydroxyl groups is 8. The van der Waals surface area contributed by atoms with Crippen molar-refractivity contribution < 1.29 is 137 Å². The highest BCUT2D eigenvalue weighted by atomic mass is 127. The lowest BCUT2D eigenvalue weighted by molar-refractivity contribution is -0.251. The Morgan fingerprint density at radius 1 is 0.328 bits per heavy atom. The predicted molar refractivity (Wildman–Crippen MR) is 491 cm³/mol. The van der Waals surface area contributed by atoms with Crippen LogP contribution in [0.4, 0.5) is 0 Å². The molecule has 700 valence electrons. The van der Waals surface area contributed by atoms with Crippen LogP contribution in [0.25, 0.3) is 30.4 Å². The van der Waals surface area contributed by atoms with E-state index in [1.807, 2.05) is 91.1 Å². The molecule has 125 heavy (non-hydrogen) atoms. The van der Waals surface area contributed by atoms with E-state index in [0.29, 0.717) is 30.1 Å². The van der Waals surface area contributed by atoms with E-state index in [9.17, 15) is 74.4 Å². The third kappa shape index (κ3) is 33.6. The van der Waals surface area contributed by atoms with E-state index in [0.717, 1.165) is 54.4 Å². The van der Waals surface area contributed by atoms with Crippen LogP contribution < -0.4 is 0 Å². The molecule has 0 aliphatic carbocycles. The van der Waals surface area contributed by atoms with Crippen LogP contribution in [0.2, 0.25) is 0 Å². The van der Waals surface area contributed by atoms with Crippen molar-refractivity contribution in [2.45, 2.75) is 315 Å². The van der Waals surface area contributed by atoms with Crippen molar-refractivity contribution >= 4 is 119 Å². The van der Waals surface area contributed by atoms with E-state index in [1.54, 1.807) is 12.2 Å². The summed E-state index contributed by atoms with van der Waals surface area (Å²) in [7, 11) is 0. The van der Waals surface area contributed by atoms with Crippen LogP contribution in [0, 0.1) is 39.1 Å². The summed E-state index contributed by atoms with van der Waals surface area (Å²) in [6.45, 7) is 31.0. The Kier molecular flexibility index (Phi) is 47.6. The van der Waals surface area contributed by atoms with Crippen molar-refractivity contribution in [1.82, 2.24) is 0 Å². The minimum atomic E-state index is -1.39. The number of halogens is 2. The van der Waals surface area contributed by atoms with E-state index in [2.05, 4.69) is 128 Å². The monoisotopic (exact) mass is 1980 g/mol. The topological polar surface area (TPSA) is 401 Å². The molecule has 0 radical (unpaired) electrons. The molecule has 28 nitrogen and oxygen atoms in total. The molecule has 0 spiro atoms. The van der Waals surface area contributed by atoms with Gasteiger partial charge in [-0.2, -0.15) is 0 Å². The first-order valence-electron chi connectivity index (χ1n) is 43.2. The third-order valence-electron chi connectivity index (χ3n) is 23.7. The maximum absolute atomic E-state index is 12.1. The molecule has 0 bridgehead atoms. The Bertz CT molecular complexity index is 3880. The second-order valence-electron chi connectivity index (χ2n) is 32.8. The standard InChI is InChI=1S/C37H50O12.C24H34O10.C20H27IO3.C14H24O3.HI.H2/c1-9-30-21(2)22(3)34(44-24(5)39)31(48-30)14-10-12-28-16-18-29(19-17-28)13-11-15-32-35(45-25(6)40)37(47-27(8)42)36(46-26(7)41)33(49-32)20-43-23(4)38;25-11-17-21(29)23(31)19(27)15(33-17)5-1-3-13-7-9-14(10-8-13)4-2-6-16-20(28)24(32)22(30)18(12-26)34-16;1-5-18-13(2)14(3)20(23-15(4)22)19(24-18)8-6-7-16-9-11-17(21)12-10-16;1-6-8-13-14(16-11(5)15)10(4)9(3)12(7-2)17-13;;/h10-13,16-19,21-22,30-37H,9,14-15,20H2,1-8H3;1-4,7-10,15-32H,5-6,11-12H2;6-7,9-14,18-20H,5,8H2,1-4H3;6,9-10,12-14H,1,7-8H2,2-5H3;2*1H/b12-10+,13-11+;3-1+,4-2+;7-6+;;;/t21-,22+,30-,31-,32-,33-,34+,35-,36-,37-;15-,16-,17-,18-,19-,20-,21-,22+,23-,24-;13-,14+,18-,19-,20+;9-,10-,12+,13+,14-;;/m1110../s1. The fraction of sp³-hybridized carbons (Fsp3) is 0.611. The van der Waals surface area contributed by atoms with Crippen molar-refractivity contribution in [2.75, 3.05) is 19.8 Å². The molecule has 0 unspecified atom stereocenters. The second-order valence-corrected chi connectivity index (χ2v) is 34.1. The average molecular weight is 1980 g/mol. The molecule has 3 aromatic rings. The number of rotatable bonds is 30. The molecule has 6 aliphatic heterocycles. The van der Waals surface area contributed by atoms with Gasteiger partial charge in [0.05, 0.1) is 62.0 Å².